The number of halogens is 1. The Morgan fingerprint density at radius 1 is 1.19 bits per heavy atom. The minimum absolute atomic E-state index is 0.0341. The van der Waals surface area contributed by atoms with Crippen molar-refractivity contribution in [1.29, 1.82) is 0 Å². The van der Waals surface area contributed by atoms with Crippen LogP contribution in [0.2, 0.25) is 0 Å². The van der Waals surface area contributed by atoms with E-state index in [0.29, 0.717) is 4.88 Å². The number of nitrogens with one attached hydrogen (secondary N) is 2. The third-order valence-corrected chi connectivity index (χ3v) is 8.86. The predicted octanol–water partition coefficient (Wildman–Crippen LogP) is 2.67. The van der Waals surface area contributed by atoms with Gasteiger partial charge in [-0.25, -0.2) is 13.9 Å². The van der Waals surface area contributed by atoms with Gasteiger partial charge < -0.3 is 5.32 Å². The van der Waals surface area contributed by atoms with Crippen molar-refractivity contribution < 1.29 is 23.2 Å². The highest BCUT2D eigenvalue weighted by Gasteiger charge is 2.43. The van der Waals surface area contributed by atoms with E-state index in [0.717, 1.165) is 19.8 Å². The third kappa shape index (κ3) is 4.52. The van der Waals surface area contributed by atoms with Crippen molar-refractivity contribution in [3.05, 3.63) is 32.9 Å². The monoisotopic (exact) mass is 480 g/mol. The van der Waals surface area contributed by atoms with Crippen molar-refractivity contribution in [3.8, 4) is 9.75 Å². The summed E-state index contributed by atoms with van der Waals surface area (Å²) in [5, 5.41) is 11.4. The van der Waals surface area contributed by atoms with Crippen molar-refractivity contribution in [2.75, 3.05) is 12.8 Å². The molecule has 0 fully saturated rings. The zero-order valence-corrected chi connectivity index (χ0v) is 17.9. The molecule has 1 unspecified atom stereocenters. The highest BCUT2D eigenvalue weighted by Crippen LogP contribution is 2.35. The Bertz CT molecular complexity index is 921. The predicted molar refractivity (Wildman–Crippen MR) is 105 cm³/mol. The van der Waals surface area contributed by atoms with Gasteiger partial charge in [0.2, 0.25) is 0 Å². The van der Waals surface area contributed by atoms with E-state index in [4.69, 9.17) is 5.21 Å². The van der Waals surface area contributed by atoms with Gasteiger partial charge in [0.25, 0.3) is 11.8 Å². The molecule has 0 aromatic carbocycles. The lowest BCUT2D eigenvalue weighted by Gasteiger charge is -2.24. The second-order valence-corrected chi connectivity index (χ2v) is 11.7. The third-order valence-electron chi connectivity index (χ3n) is 3.93. The van der Waals surface area contributed by atoms with Crippen LogP contribution in [0.4, 0.5) is 0 Å². The lowest BCUT2D eigenvalue weighted by atomic mass is 10.1. The maximum Gasteiger partial charge on any atom is 0.264 e. The Balaban J connectivity index is 2.02. The molecule has 2 heterocycles. The van der Waals surface area contributed by atoms with Crippen LogP contribution in [0.5, 0.6) is 0 Å². The second kappa shape index (κ2) is 8.17. The maximum atomic E-state index is 12.3. The van der Waals surface area contributed by atoms with Gasteiger partial charge in [-0.1, -0.05) is 0 Å². The van der Waals surface area contributed by atoms with Gasteiger partial charge >= 0.3 is 0 Å². The van der Waals surface area contributed by atoms with E-state index >= 15 is 0 Å². The molecule has 0 aliphatic rings. The van der Waals surface area contributed by atoms with Gasteiger partial charge in [-0.05, 0) is 53.5 Å². The molecule has 142 valence electrons. The Morgan fingerprint density at radius 2 is 1.81 bits per heavy atom. The lowest BCUT2D eigenvalue weighted by molar-refractivity contribution is -0.131. The lowest BCUT2D eigenvalue weighted by Crippen LogP contribution is -2.50. The summed E-state index contributed by atoms with van der Waals surface area (Å²) in [5.74, 6) is -1.38. The molecule has 0 radical (unpaired) electrons. The first-order valence-electron chi connectivity index (χ1n) is 7.36. The molecule has 1 atom stereocenters. The maximum absolute atomic E-state index is 12.3. The summed E-state index contributed by atoms with van der Waals surface area (Å²) in [6.45, 7) is 1.17. The molecule has 2 amide bonds. The van der Waals surface area contributed by atoms with Crippen LogP contribution in [0.1, 0.15) is 23.0 Å². The molecule has 26 heavy (non-hydrogen) atoms. The molecule has 11 heteroatoms. The van der Waals surface area contributed by atoms with Gasteiger partial charge in [-0.15, -0.1) is 22.7 Å². The minimum Gasteiger partial charge on any atom is -0.351 e. The largest absolute Gasteiger partial charge is 0.351 e. The first-order valence-corrected chi connectivity index (χ1v) is 11.7. The SMILES string of the molecule is CC(CCNC(=O)c1ccc(-c2ccc(Br)s2)s1)(C(=O)NO)S(C)(=O)=O. The molecule has 2 rings (SSSR count). The zero-order valence-electron chi connectivity index (χ0n) is 13.9. The van der Waals surface area contributed by atoms with E-state index in [9.17, 15) is 18.0 Å². The summed E-state index contributed by atoms with van der Waals surface area (Å²) >= 11 is 6.27. The van der Waals surface area contributed by atoms with E-state index in [1.807, 2.05) is 18.2 Å². The average molecular weight is 481 g/mol. The first kappa shape index (κ1) is 21.0. The molecule has 0 aliphatic carbocycles. The van der Waals surface area contributed by atoms with E-state index in [-0.39, 0.29) is 18.9 Å². The fraction of sp³-hybridized carbons (Fsp3) is 0.333. The van der Waals surface area contributed by atoms with Gasteiger partial charge in [0.05, 0.1) is 8.66 Å². The average Bonchev–Trinajstić information content (AvgIpc) is 3.21. The number of hydroxylamine groups is 1. The number of thiophene rings is 2. The van der Waals surface area contributed by atoms with Gasteiger partial charge in [0.15, 0.2) is 14.6 Å². The normalized spacial score (nSPS) is 13.8. The molecular weight excluding hydrogens is 464 g/mol. The van der Waals surface area contributed by atoms with Crippen LogP contribution in [0, 0.1) is 0 Å². The molecule has 2 aromatic heterocycles. The smallest absolute Gasteiger partial charge is 0.264 e. The summed E-state index contributed by atoms with van der Waals surface area (Å²) in [5.41, 5.74) is 1.37. The van der Waals surface area contributed by atoms with Gasteiger partial charge in [0.1, 0.15) is 0 Å². The topological polar surface area (TPSA) is 113 Å². The van der Waals surface area contributed by atoms with Crippen molar-refractivity contribution in [1.82, 2.24) is 10.8 Å². The van der Waals surface area contributed by atoms with E-state index < -0.39 is 20.5 Å². The summed E-state index contributed by atoms with van der Waals surface area (Å²) in [4.78, 5) is 26.5. The van der Waals surface area contributed by atoms with Crippen molar-refractivity contribution >= 4 is 60.3 Å². The van der Waals surface area contributed by atoms with Crippen LogP contribution < -0.4 is 10.8 Å². The van der Waals surface area contributed by atoms with Gasteiger partial charge in [-0.3, -0.25) is 14.8 Å². The van der Waals surface area contributed by atoms with Gasteiger partial charge in [0, 0.05) is 22.6 Å². The fourth-order valence-corrected chi connectivity index (χ4v) is 5.38. The minimum atomic E-state index is -3.79. The molecule has 3 N–H and O–H groups in total. The van der Waals surface area contributed by atoms with Crippen molar-refractivity contribution in [2.24, 2.45) is 0 Å². The van der Waals surface area contributed by atoms with Crippen LogP contribution >= 0.6 is 38.6 Å². The molecule has 0 bridgehead atoms. The standard InChI is InChI=1S/C15H17BrN2O5S3/c1-15(14(20)18-21,26(2,22)23)7-8-17-13(19)11-4-3-9(24-11)10-5-6-12(16)25-10/h3-6,21H,7-8H2,1-2H3,(H,17,19)(H,18,20). The van der Waals surface area contributed by atoms with Crippen molar-refractivity contribution in [3.63, 3.8) is 0 Å². The second-order valence-electron chi connectivity index (χ2n) is 5.72. The first-order chi connectivity index (χ1) is 12.1. The zero-order chi connectivity index (χ0) is 19.5. The van der Waals surface area contributed by atoms with Gasteiger partial charge in [-0.2, -0.15) is 0 Å². The molecule has 0 saturated heterocycles. The highest BCUT2D eigenvalue weighted by atomic mass is 79.9. The number of hydrogen-bond acceptors (Lipinski definition) is 7. The van der Waals surface area contributed by atoms with Crippen LogP contribution in [0.25, 0.3) is 9.75 Å². The number of rotatable bonds is 7. The van der Waals surface area contributed by atoms with E-state index in [1.165, 1.54) is 23.7 Å². The van der Waals surface area contributed by atoms with Crippen LogP contribution in [-0.2, 0) is 14.6 Å². The quantitative estimate of drug-likeness (QED) is 0.416. The number of amides is 2. The van der Waals surface area contributed by atoms with E-state index in [1.54, 1.807) is 17.4 Å². The molecular formula is C15H17BrN2O5S3. The molecule has 7 nitrogen and oxygen atoms in total. The Kier molecular flexibility index (Phi) is 6.61. The Morgan fingerprint density at radius 3 is 2.35 bits per heavy atom. The number of hydrogen-bond donors (Lipinski definition) is 3. The van der Waals surface area contributed by atoms with Crippen molar-refractivity contribution in [2.45, 2.75) is 18.1 Å². The molecule has 0 saturated carbocycles. The summed E-state index contributed by atoms with van der Waals surface area (Å²) < 4.78 is 22.9. The fourth-order valence-electron chi connectivity index (χ4n) is 2.13. The Labute approximate surface area is 167 Å². The number of sulfone groups is 1. The molecule has 0 spiro atoms. The summed E-state index contributed by atoms with van der Waals surface area (Å²) in [6.07, 6.45) is 0.745. The van der Waals surface area contributed by atoms with Crippen LogP contribution in [0.3, 0.4) is 0 Å². The molecule has 0 aliphatic heterocycles. The van der Waals surface area contributed by atoms with Crippen LogP contribution in [0.15, 0.2) is 28.1 Å². The Hall–Kier alpha value is -1.27. The number of carbonyl (C=O) groups is 2. The van der Waals surface area contributed by atoms with E-state index in [2.05, 4.69) is 21.2 Å². The summed E-state index contributed by atoms with van der Waals surface area (Å²) in [6, 6.07) is 7.42. The summed E-state index contributed by atoms with van der Waals surface area (Å²) in [7, 11) is -3.79. The number of carbonyl (C=O) groups excluding carboxylic acids is 2. The molecule has 2 aromatic rings. The highest BCUT2D eigenvalue weighted by molar-refractivity contribution is 9.11. The van der Waals surface area contributed by atoms with Crippen LogP contribution in [-0.4, -0.2) is 43.0 Å².